The summed E-state index contributed by atoms with van der Waals surface area (Å²) in [4.78, 5) is 29.9. The molecule has 1 N–H and O–H groups in total. The van der Waals surface area contributed by atoms with Gasteiger partial charge in [-0.3, -0.25) is 4.79 Å². The third-order valence-corrected chi connectivity index (χ3v) is 7.32. The lowest BCUT2D eigenvalue weighted by atomic mass is 10.2. The number of amides is 1. The lowest BCUT2D eigenvalue weighted by Gasteiger charge is -2.35. The molecule has 34 heavy (non-hydrogen) atoms. The molecule has 4 heterocycles. The third-order valence-electron chi connectivity index (χ3n) is 6.43. The number of thiazole rings is 1. The maximum absolute atomic E-state index is 13.6. The van der Waals surface area contributed by atoms with E-state index < -0.39 is 0 Å². The minimum atomic E-state index is -0.263. The summed E-state index contributed by atoms with van der Waals surface area (Å²) in [6, 6.07) is 12.7. The van der Waals surface area contributed by atoms with Crippen molar-refractivity contribution in [2.75, 3.05) is 31.1 Å². The van der Waals surface area contributed by atoms with E-state index in [1.54, 1.807) is 17.4 Å². The van der Waals surface area contributed by atoms with Crippen molar-refractivity contribution in [2.45, 2.75) is 13.5 Å². The van der Waals surface area contributed by atoms with Gasteiger partial charge in [0.05, 0.1) is 16.5 Å². The third kappa shape index (κ3) is 3.62. The van der Waals surface area contributed by atoms with E-state index >= 15 is 0 Å². The van der Waals surface area contributed by atoms with Gasteiger partial charge in [0, 0.05) is 43.3 Å². The number of carbonyl (C=O) groups is 1. The van der Waals surface area contributed by atoms with Gasteiger partial charge >= 0.3 is 0 Å². The van der Waals surface area contributed by atoms with E-state index in [1.807, 2.05) is 52.4 Å². The van der Waals surface area contributed by atoms with Gasteiger partial charge in [0.1, 0.15) is 23.1 Å². The number of imidazole rings is 1. The quantitative estimate of drug-likeness (QED) is 0.418. The molecule has 5 aromatic rings. The molecule has 1 aliphatic rings. The predicted molar refractivity (Wildman–Crippen MR) is 133 cm³/mol. The number of anilines is 1. The standard InChI is InChI=1S/C25H23FN6OS/c1-16-13-32(21-7-6-17(26)12-18(16)21)14-22(33)30-8-10-31(11-9-30)25-23(27-15-34-25)24-28-19-4-2-3-5-20(19)29-24/h2-7,12-13,15H,8-11,14H2,1H3,(H,28,29). The van der Waals surface area contributed by atoms with Gasteiger partial charge in [-0.15, -0.1) is 11.3 Å². The molecule has 1 saturated heterocycles. The molecule has 3 aromatic heterocycles. The minimum Gasteiger partial charge on any atom is -0.358 e. The Morgan fingerprint density at radius 2 is 1.97 bits per heavy atom. The SMILES string of the molecule is Cc1cn(CC(=O)N2CCN(c3scnc3-c3nc4ccccc4[nH]3)CC2)c2ccc(F)cc12. The average molecular weight is 475 g/mol. The second kappa shape index (κ2) is 8.25. The molecule has 7 nitrogen and oxygen atoms in total. The number of piperazine rings is 1. The average Bonchev–Trinajstić information content (AvgIpc) is 3.56. The molecule has 172 valence electrons. The number of halogens is 1. The van der Waals surface area contributed by atoms with E-state index in [0.29, 0.717) is 13.1 Å². The van der Waals surface area contributed by atoms with Crippen LogP contribution in [0.15, 0.2) is 54.2 Å². The Morgan fingerprint density at radius 1 is 1.15 bits per heavy atom. The van der Waals surface area contributed by atoms with Crippen LogP contribution in [0.5, 0.6) is 0 Å². The first-order valence-corrected chi connectivity index (χ1v) is 12.1. The summed E-state index contributed by atoms with van der Waals surface area (Å²) in [5.41, 5.74) is 6.45. The molecule has 0 spiro atoms. The van der Waals surface area contributed by atoms with Crippen LogP contribution in [-0.2, 0) is 11.3 Å². The number of hydrogen-bond donors (Lipinski definition) is 1. The van der Waals surface area contributed by atoms with Gasteiger partial charge in [0.15, 0.2) is 5.82 Å². The molecule has 6 rings (SSSR count). The first kappa shape index (κ1) is 20.9. The van der Waals surface area contributed by atoms with Crippen molar-refractivity contribution in [2.24, 2.45) is 0 Å². The number of fused-ring (bicyclic) bond motifs is 2. The first-order valence-electron chi connectivity index (χ1n) is 11.2. The fourth-order valence-electron chi connectivity index (χ4n) is 4.67. The normalized spacial score (nSPS) is 14.4. The number of hydrogen-bond acceptors (Lipinski definition) is 5. The van der Waals surface area contributed by atoms with E-state index in [1.165, 1.54) is 12.1 Å². The van der Waals surface area contributed by atoms with Crippen LogP contribution < -0.4 is 4.90 Å². The van der Waals surface area contributed by atoms with Crippen LogP contribution in [0.2, 0.25) is 0 Å². The van der Waals surface area contributed by atoms with Crippen molar-refractivity contribution < 1.29 is 9.18 Å². The van der Waals surface area contributed by atoms with E-state index in [9.17, 15) is 9.18 Å². The lowest BCUT2D eigenvalue weighted by molar-refractivity contribution is -0.132. The highest BCUT2D eigenvalue weighted by atomic mass is 32.1. The van der Waals surface area contributed by atoms with E-state index in [4.69, 9.17) is 4.98 Å². The molecule has 1 aliphatic heterocycles. The molecule has 0 saturated carbocycles. The Balaban J connectivity index is 1.15. The van der Waals surface area contributed by atoms with Crippen LogP contribution in [0.4, 0.5) is 9.39 Å². The number of nitrogens with zero attached hydrogens (tertiary/aromatic N) is 5. The summed E-state index contributed by atoms with van der Waals surface area (Å²) in [5, 5.41) is 1.92. The minimum absolute atomic E-state index is 0.0719. The number of rotatable bonds is 4. The van der Waals surface area contributed by atoms with Crippen LogP contribution >= 0.6 is 11.3 Å². The fraction of sp³-hybridized carbons (Fsp3) is 0.240. The van der Waals surface area contributed by atoms with Crippen molar-refractivity contribution in [3.63, 3.8) is 0 Å². The fourth-order valence-corrected chi connectivity index (χ4v) is 5.53. The Bertz CT molecular complexity index is 1480. The summed E-state index contributed by atoms with van der Waals surface area (Å²) in [7, 11) is 0. The van der Waals surface area contributed by atoms with Crippen molar-refractivity contribution in [1.82, 2.24) is 24.4 Å². The lowest BCUT2D eigenvalue weighted by Crippen LogP contribution is -2.49. The number of aromatic nitrogens is 4. The monoisotopic (exact) mass is 474 g/mol. The number of benzene rings is 2. The zero-order chi connectivity index (χ0) is 23.2. The molecule has 2 aromatic carbocycles. The van der Waals surface area contributed by atoms with Gasteiger partial charge in [-0.25, -0.2) is 14.4 Å². The van der Waals surface area contributed by atoms with Crippen LogP contribution in [0.1, 0.15) is 5.56 Å². The summed E-state index contributed by atoms with van der Waals surface area (Å²) >= 11 is 1.59. The summed E-state index contributed by atoms with van der Waals surface area (Å²) in [6.45, 7) is 4.94. The molecular formula is C25H23FN6OS. The second-order valence-electron chi connectivity index (χ2n) is 8.58. The van der Waals surface area contributed by atoms with Crippen molar-refractivity contribution in [3.05, 3.63) is 65.6 Å². The summed E-state index contributed by atoms with van der Waals surface area (Å²) < 4.78 is 15.5. The Labute approximate surface area is 199 Å². The van der Waals surface area contributed by atoms with Crippen LogP contribution in [0.3, 0.4) is 0 Å². The zero-order valence-electron chi connectivity index (χ0n) is 18.7. The maximum atomic E-state index is 13.6. The van der Waals surface area contributed by atoms with Crippen molar-refractivity contribution in [3.8, 4) is 11.5 Å². The molecule has 9 heteroatoms. The number of H-pyrrole nitrogens is 1. The van der Waals surface area contributed by atoms with E-state index in [2.05, 4.69) is 14.9 Å². The number of aryl methyl sites for hydroxylation is 1. The second-order valence-corrected chi connectivity index (χ2v) is 9.41. The smallest absolute Gasteiger partial charge is 0.242 e. The van der Waals surface area contributed by atoms with Gasteiger partial charge < -0.3 is 19.4 Å². The summed E-state index contributed by atoms with van der Waals surface area (Å²) in [6.07, 6.45) is 1.93. The molecule has 1 amide bonds. The largest absolute Gasteiger partial charge is 0.358 e. The molecule has 0 atom stereocenters. The number of nitrogens with one attached hydrogen (secondary N) is 1. The molecular weight excluding hydrogens is 451 g/mol. The Hall–Kier alpha value is -3.72. The first-order chi connectivity index (χ1) is 16.6. The molecule has 0 aliphatic carbocycles. The predicted octanol–water partition coefficient (Wildman–Crippen LogP) is 4.44. The van der Waals surface area contributed by atoms with Gasteiger partial charge in [-0.1, -0.05) is 12.1 Å². The topological polar surface area (TPSA) is 70.1 Å². The molecule has 0 bridgehead atoms. The number of aromatic amines is 1. The van der Waals surface area contributed by atoms with Crippen molar-refractivity contribution in [1.29, 1.82) is 0 Å². The Morgan fingerprint density at radius 3 is 2.79 bits per heavy atom. The van der Waals surface area contributed by atoms with Gasteiger partial charge in [0.2, 0.25) is 5.91 Å². The van der Waals surface area contributed by atoms with Gasteiger partial charge in [-0.05, 0) is 42.8 Å². The molecule has 0 radical (unpaired) electrons. The van der Waals surface area contributed by atoms with Crippen LogP contribution in [0, 0.1) is 12.7 Å². The number of para-hydroxylation sites is 2. The zero-order valence-corrected chi connectivity index (χ0v) is 19.5. The highest BCUT2D eigenvalue weighted by Gasteiger charge is 2.25. The van der Waals surface area contributed by atoms with Crippen molar-refractivity contribution >= 4 is 44.2 Å². The maximum Gasteiger partial charge on any atom is 0.242 e. The molecule has 0 unspecified atom stereocenters. The number of carbonyl (C=O) groups excluding carboxylic acids is 1. The molecule has 1 fully saturated rings. The highest BCUT2D eigenvalue weighted by Crippen LogP contribution is 2.34. The van der Waals surface area contributed by atoms with Gasteiger partial charge in [0.25, 0.3) is 0 Å². The van der Waals surface area contributed by atoms with Gasteiger partial charge in [-0.2, -0.15) is 0 Å². The Kier molecular flexibility index (Phi) is 5.06. The highest BCUT2D eigenvalue weighted by molar-refractivity contribution is 7.14. The van der Waals surface area contributed by atoms with Crippen LogP contribution in [0.25, 0.3) is 33.5 Å². The van der Waals surface area contributed by atoms with Crippen LogP contribution in [-0.4, -0.2) is 56.5 Å². The van der Waals surface area contributed by atoms with E-state index in [0.717, 1.165) is 57.1 Å². The van der Waals surface area contributed by atoms with E-state index in [-0.39, 0.29) is 18.3 Å². The summed E-state index contributed by atoms with van der Waals surface area (Å²) in [5.74, 6) is 0.575.